The van der Waals surface area contributed by atoms with Crippen LogP contribution in [0, 0.1) is 0 Å². The lowest BCUT2D eigenvalue weighted by Gasteiger charge is -1.94. The Morgan fingerprint density at radius 2 is 2.14 bits per heavy atom. The van der Waals surface area contributed by atoms with E-state index in [0.717, 1.165) is 16.6 Å². The Morgan fingerprint density at radius 3 is 2.79 bits per heavy atom. The summed E-state index contributed by atoms with van der Waals surface area (Å²) in [5, 5.41) is 9.85. The van der Waals surface area contributed by atoms with Crippen molar-refractivity contribution in [3.8, 4) is 0 Å². The summed E-state index contributed by atoms with van der Waals surface area (Å²) in [6, 6.07) is 7.46. The molecule has 1 aromatic heterocycles. The van der Waals surface area contributed by atoms with E-state index in [0.29, 0.717) is 12.0 Å². The third-order valence-corrected chi connectivity index (χ3v) is 2.35. The van der Waals surface area contributed by atoms with Crippen LogP contribution in [0.25, 0.3) is 10.9 Å². The highest BCUT2D eigenvalue weighted by molar-refractivity contribution is 6.04. The van der Waals surface area contributed by atoms with Gasteiger partial charge in [-0.15, -0.1) is 0 Å². The standard InChI is InChI=1S/C11H11NO2/c1-2-8-10(11(13)14)7-5-3-4-6-9(7)12-8/h3-6,12H,2H2,1H3,(H,13,14). The fraction of sp³-hybridized carbons (Fsp3) is 0.182. The van der Waals surface area contributed by atoms with Crippen molar-refractivity contribution in [1.29, 1.82) is 0 Å². The highest BCUT2D eigenvalue weighted by Gasteiger charge is 2.15. The molecule has 2 rings (SSSR count). The van der Waals surface area contributed by atoms with Crippen molar-refractivity contribution in [1.82, 2.24) is 4.98 Å². The quantitative estimate of drug-likeness (QED) is 0.762. The van der Waals surface area contributed by atoms with Crippen LogP contribution in [-0.2, 0) is 6.42 Å². The molecule has 0 saturated carbocycles. The molecular formula is C11H11NO2. The predicted octanol–water partition coefficient (Wildman–Crippen LogP) is 2.43. The fourth-order valence-electron chi connectivity index (χ4n) is 1.71. The topological polar surface area (TPSA) is 53.1 Å². The molecular weight excluding hydrogens is 178 g/mol. The van der Waals surface area contributed by atoms with E-state index in [1.54, 1.807) is 0 Å². The number of rotatable bonds is 2. The zero-order valence-electron chi connectivity index (χ0n) is 7.87. The first-order chi connectivity index (χ1) is 6.74. The summed E-state index contributed by atoms with van der Waals surface area (Å²) < 4.78 is 0. The number of carboxylic acids is 1. The molecule has 1 aromatic carbocycles. The average molecular weight is 189 g/mol. The van der Waals surface area contributed by atoms with Gasteiger partial charge < -0.3 is 10.1 Å². The number of aromatic carboxylic acids is 1. The number of H-pyrrole nitrogens is 1. The van der Waals surface area contributed by atoms with E-state index in [9.17, 15) is 4.79 Å². The largest absolute Gasteiger partial charge is 0.478 e. The van der Waals surface area contributed by atoms with Gasteiger partial charge in [-0.2, -0.15) is 0 Å². The Bertz CT molecular complexity index is 485. The molecule has 72 valence electrons. The Kier molecular flexibility index (Phi) is 2.00. The molecule has 0 aliphatic carbocycles. The minimum Gasteiger partial charge on any atom is -0.478 e. The van der Waals surface area contributed by atoms with Crippen LogP contribution in [0.1, 0.15) is 23.0 Å². The second-order valence-electron chi connectivity index (χ2n) is 3.18. The summed E-state index contributed by atoms with van der Waals surface area (Å²) in [4.78, 5) is 14.2. The number of aromatic amines is 1. The average Bonchev–Trinajstić information content (AvgIpc) is 2.55. The van der Waals surface area contributed by atoms with Gasteiger partial charge in [-0.1, -0.05) is 25.1 Å². The lowest BCUT2D eigenvalue weighted by Crippen LogP contribution is -1.99. The number of para-hydroxylation sites is 1. The summed E-state index contributed by atoms with van der Waals surface area (Å²) in [5.41, 5.74) is 2.09. The van der Waals surface area contributed by atoms with Gasteiger partial charge in [-0.25, -0.2) is 4.79 Å². The Hall–Kier alpha value is -1.77. The van der Waals surface area contributed by atoms with Crippen LogP contribution in [0.4, 0.5) is 0 Å². The van der Waals surface area contributed by atoms with Crippen LogP contribution in [0.5, 0.6) is 0 Å². The summed E-state index contributed by atoms with van der Waals surface area (Å²) in [5.74, 6) is -0.862. The maximum Gasteiger partial charge on any atom is 0.338 e. The molecule has 0 aliphatic rings. The first-order valence-corrected chi connectivity index (χ1v) is 4.57. The van der Waals surface area contributed by atoms with E-state index in [2.05, 4.69) is 4.98 Å². The van der Waals surface area contributed by atoms with Gasteiger partial charge >= 0.3 is 5.97 Å². The molecule has 0 aliphatic heterocycles. The van der Waals surface area contributed by atoms with Crippen molar-refractivity contribution in [2.75, 3.05) is 0 Å². The van der Waals surface area contributed by atoms with Crippen molar-refractivity contribution in [3.63, 3.8) is 0 Å². The van der Waals surface area contributed by atoms with Crippen LogP contribution in [0.3, 0.4) is 0 Å². The summed E-state index contributed by atoms with van der Waals surface area (Å²) >= 11 is 0. The molecule has 0 atom stereocenters. The maximum atomic E-state index is 11.0. The number of nitrogens with one attached hydrogen (secondary N) is 1. The number of fused-ring (bicyclic) bond motifs is 1. The van der Waals surface area contributed by atoms with E-state index in [1.165, 1.54) is 0 Å². The molecule has 3 heteroatoms. The number of aryl methyl sites for hydroxylation is 1. The second-order valence-corrected chi connectivity index (χ2v) is 3.18. The van der Waals surface area contributed by atoms with Crippen molar-refractivity contribution in [3.05, 3.63) is 35.5 Å². The van der Waals surface area contributed by atoms with Crippen LogP contribution in [-0.4, -0.2) is 16.1 Å². The molecule has 0 amide bonds. The minimum absolute atomic E-state index is 0.406. The van der Waals surface area contributed by atoms with Crippen molar-refractivity contribution in [2.24, 2.45) is 0 Å². The molecule has 0 bridgehead atoms. The van der Waals surface area contributed by atoms with Crippen LogP contribution < -0.4 is 0 Å². The van der Waals surface area contributed by atoms with Gasteiger partial charge in [0.15, 0.2) is 0 Å². The van der Waals surface area contributed by atoms with E-state index in [1.807, 2.05) is 31.2 Å². The molecule has 0 spiro atoms. The number of aromatic nitrogens is 1. The number of hydrogen-bond acceptors (Lipinski definition) is 1. The molecule has 14 heavy (non-hydrogen) atoms. The lowest BCUT2D eigenvalue weighted by molar-refractivity contribution is 0.0698. The normalized spacial score (nSPS) is 10.6. The SMILES string of the molecule is CCc1[nH]c2ccccc2c1C(=O)O. The molecule has 0 saturated heterocycles. The highest BCUT2D eigenvalue weighted by atomic mass is 16.4. The van der Waals surface area contributed by atoms with Gasteiger partial charge in [0, 0.05) is 16.6 Å². The first kappa shape index (κ1) is 8.81. The van der Waals surface area contributed by atoms with Gasteiger partial charge in [0.25, 0.3) is 0 Å². The molecule has 1 heterocycles. The zero-order valence-corrected chi connectivity index (χ0v) is 7.87. The predicted molar refractivity (Wildman–Crippen MR) is 54.6 cm³/mol. The van der Waals surface area contributed by atoms with Crippen molar-refractivity contribution >= 4 is 16.9 Å². The smallest absolute Gasteiger partial charge is 0.338 e. The molecule has 2 N–H and O–H groups in total. The van der Waals surface area contributed by atoms with Crippen LogP contribution >= 0.6 is 0 Å². The molecule has 2 aromatic rings. The van der Waals surface area contributed by atoms with Crippen LogP contribution in [0.2, 0.25) is 0 Å². The highest BCUT2D eigenvalue weighted by Crippen LogP contribution is 2.22. The van der Waals surface area contributed by atoms with E-state index < -0.39 is 5.97 Å². The van der Waals surface area contributed by atoms with Crippen LogP contribution in [0.15, 0.2) is 24.3 Å². The molecule has 0 fully saturated rings. The Morgan fingerprint density at radius 1 is 1.43 bits per heavy atom. The maximum absolute atomic E-state index is 11.0. The van der Waals surface area contributed by atoms with Gasteiger partial charge in [-0.3, -0.25) is 0 Å². The fourth-order valence-corrected chi connectivity index (χ4v) is 1.71. The van der Waals surface area contributed by atoms with E-state index >= 15 is 0 Å². The number of hydrogen-bond donors (Lipinski definition) is 2. The first-order valence-electron chi connectivity index (χ1n) is 4.57. The summed E-state index contributed by atoms with van der Waals surface area (Å²) in [6.07, 6.45) is 0.705. The monoisotopic (exact) mass is 189 g/mol. The Labute approximate surface area is 81.4 Å². The van der Waals surface area contributed by atoms with E-state index in [-0.39, 0.29) is 0 Å². The minimum atomic E-state index is -0.862. The number of benzene rings is 1. The zero-order chi connectivity index (χ0) is 10.1. The van der Waals surface area contributed by atoms with E-state index in [4.69, 9.17) is 5.11 Å². The summed E-state index contributed by atoms with van der Waals surface area (Å²) in [6.45, 7) is 1.94. The van der Waals surface area contributed by atoms with Crippen molar-refractivity contribution < 1.29 is 9.90 Å². The van der Waals surface area contributed by atoms with Crippen molar-refractivity contribution in [2.45, 2.75) is 13.3 Å². The summed E-state index contributed by atoms with van der Waals surface area (Å²) in [7, 11) is 0. The Balaban J connectivity index is 2.81. The van der Waals surface area contributed by atoms with Gasteiger partial charge in [-0.05, 0) is 12.5 Å². The number of carboxylic acid groups (broad SMARTS) is 1. The molecule has 3 nitrogen and oxygen atoms in total. The van der Waals surface area contributed by atoms with Gasteiger partial charge in [0.1, 0.15) is 0 Å². The van der Waals surface area contributed by atoms with Gasteiger partial charge in [0.05, 0.1) is 5.56 Å². The number of carbonyl (C=O) groups is 1. The van der Waals surface area contributed by atoms with Gasteiger partial charge in [0.2, 0.25) is 0 Å². The third kappa shape index (κ3) is 1.18. The third-order valence-electron chi connectivity index (χ3n) is 2.35. The molecule has 0 unspecified atom stereocenters. The second kappa shape index (κ2) is 3.18. The molecule has 0 radical (unpaired) electrons. The lowest BCUT2D eigenvalue weighted by atomic mass is 10.1.